The molecule has 10 heteroatoms. The highest BCUT2D eigenvalue weighted by molar-refractivity contribution is 6.33. The number of aromatic nitrogens is 2. The Morgan fingerprint density at radius 1 is 1.00 bits per heavy atom. The van der Waals surface area contributed by atoms with Gasteiger partial charge in [0.25, 0.3) is 5.91 Å². The van der Waals surface area contributed by atoms with E-state index in [9.17, 15) is 22.4 Å². The number of halogens is 5. The number of hydrogen-bond donors (Lipinski definition) is 0. The molecule has 1 aliphatic rings. The number of aryl methyl sites for hydroxylation is 1. The highest BCUT2D eigenvalue weighted by atomic mass is 35.5. The molecule has 5 nitrogen and oxygen atoms in total. The van der Waals surface area contributed by atoms with Crippen molar-refractivity contribution in [3.05, 3.63) is 76.3 Å². The van der Waals surface area contributed by atoms with Crippen LogP contribution in [0, 0.1) is 12.7 Å². The molecule has 0 atom stereocenters. The van der Waals surface area contributed by atoms with Gasteiger partial charge in [0.1, 0.15) is 11.0 Å². The minimum Gasteiger partial charge on any atom is -0.368 e. The summed E-state index contributed by atoms with van der Waals surface area (Å²) in [6.07, 6.45) is -4.41. The van der Waals surface area contributed by atoms with Gasteiger partial charge in [-0.25, -0.2) is 9.07 Å². The molecule has 0 unspecified atom stereocenters. The van der Waals surface area contributed by atoms with Crippen molar-refractivity contribution < 1.29 is 22.4 Å². The predicted octanol–water partition coefficient (Wildman–Crippen LogP) is 4.95. The van der Waals surface area contributed by atoms with Crippen LogP contribution in [0.5, 0.6) is 0 Å². The van der Waals surface area contributed by atoms with E-state index in [1.807, 2.05) is 4.90 Å². The summed E-state index contributed by atoms with van der Waals surface area (Å²) >= 11 is 6.44. The maximum atomic E-state index is 13.2. The number of nitrogens with zero attached hydrogens (tertiary/aromatic N) is 4. The van der Waals surface area contributed by atoms with Crippen LogP contribution in [0.1, 0.15) is 21.6 Å². The number of carbonyl (C=O) groups excluding carboxylic acids is 1. The minimum atomic E-state index is -4.41. The maximum absolute atomic E-state index is 13.2. The molecule has 168 valence electrons. The molecule has 0 saturated carbocycles. The quantitative estimate of drug-likeness (QED) is 0.513. The zero-order valence-corrected chi connectivity index (χ0v) is 17.8. The fourth-order valence-electron chi connectivity index (χ4n) is 3.70. The fourth-order valence-corrected chi connectivity index (χ4v) is 4.05. The average Bonchev–Trinajstić information content (AvgIpc) is 3.07. The third kappa shape index (κ3) is 4.29. The molecule has 32 heavy (non-hydrogen) atoms. The van der Waals surface area contributed by atoms with Crippen LogP contribution >= 0.6 is 11.6 Å². The lowest BCUT2D eigenvalue weighted by Crippen LogP contribution is -2.49. The molecule has 0 aliphatic carbocycles. The standard InChI is InChI=1S/C22H19ClF4N4O/c1-14-19(20(23)31(28-14)17-7-5-16(24)6-8-17)21(32)30-11-9-29(10-12-30)18-4-2-3-15(13-18)22(25,26)27/h2-8,13H,9-12H2,1H3. The zero-order valence-electron chi connectivity index (χ0n) is 17.0. The Hall–Kier alpha value is -3.07. The van der Waals surface area contributed by atoms with Crippen molar-refractivity contribution in [2.45, 2.75) is 13.1 Å². The molecule has 0 spiro atoms. The van der Waals surface area contributed by atoms with Crippen molar-refractivity contribution in [1.82, 2.24) is 14.7 Å². The summed E-state index contributed by atoms with van der Waals surface area (Å²) in [7, 11) is 0. The van der Waals surface area contributed by atoms with Crippen molar-refractivity contribution >= 4 is 23.2 Å². The normalized spacial score (nSPS) is 14.7. The van der Waals surface area contributed by atoms with E-state index in [2.05, 4.69) is 5.10 Å². The lowest BCUT2D eigenvalue weighted by Gasteiger charge is -2.36. The van der Waals surface area contributed by atoms with Crippen LogP contribution in [0.25, 0.3) is 5.69 Å². The zero-order chi connectivity index (χ0) is 23.0. The van der Waals surface area contributed by atoms with Gasteiger partial charge in [-0.3, -0.25) is 4.79 Å². The number of rotatable bonds is 3. The first-order chi connectivity index (χ1) is 15.1. The number of anilines is 1. The SMILES string of the molecule is Cc1nn(-c2ccc(F)cc2)c(Cl)c1C(=O)N1CCN(c2cccc(C(F)(F)F)c2)CC1. The molecule has 3 aromatic rings. The van der Waals surface area contributed by atoms with Gasteiger partial charge in [-0.05, 0) is 49.4 Å². The largest absolute Gasteiger partial charge is 0.416 e. The third-order valence-electron chi connectivity index (χ3n) is 5.39. The lowest BCUT2D eigenvalue weighted by atomic mass is 10.1. The van der Waals surface area contributed by atoms with E-state index in [1.165, 1.54) is 35.0 Å². The van der Waals surface area contributed by atoms with E-state index >= 15 is 0 Å². The summed E-state index contributed by atoms with van der Waals surface area (Å²) < 4.78 is 53.6. The number of hydrogen-bond acceptors (Lipinski definition) is 3. The minimum absolute atomic E-state index is 0.124. The first kappa shape index (κ1) is 22.1. The summed E-state index contributed by atoms with van der Waals surface area (Å²) in [6, 6.07) is 10.7. The van der Waals surface area contributed by atoms with Gasteiger partial charge < -0.3 is 9.80 Å². The molecular weight excluding hydrogens is 448 g/mol. The van der Waals surface area contributed by atoms with Gasteiger partial charge in [0.2, 0.25) is 0 Å². The van der Waals surface area contributed by atoms with Crippen LogP contribution in [0.4, 0.5) is 23.2 Å². The van der Waals surface area contributed by atoms with Crippen molar-refractivity contribution in [2.75, 3.05) is 31.1 Å². The fraction of sp³-hybridized carbons (Fsp3) is 0.273. The Morgan fingerprint density at radius 3 is 2.28 bits per heavy atom. The lowest BCUT2D eigenvalue weighted by molar-refractivity contribution is -0.137. The Kier molecular flexibility index (Phi) is 5.85. The molecular formula is C22H19ClF4N4O. The maximum Gasteiger partial charge on any atom is 0.416 e. The van der Waals surface area contributed by atoms with E-state index in [0.29, 0.717) is 43.2 Å². The van der Waals surface area contributed by atoms with Gasteiger partial charge in [0.15, 0.2) is 0 Å². The predicted molar refractivity (Wildman–Crippen MR) is 113 cm³/mol. The summed E-state index contributed by atoms with van der Waals surface area (Å²) in [4.78, 5) is 16.6. The van der Waals surface area contributed by atoms with Gasteiger partial charge in [0.05, 0.1) is 22.5 Å². The van der Waals surface area contributed by atoms with E-state index < -0.39 is 17.6 Å². The molecule has 2 heterocycles. The molecule has 1 aliphatic heterocycles. The van der Waals surface area contributed by atoms with Crippen LogP contribution in [-0.4, -0.2) is 46.8 Å². The Bertz CT molecular complexity index is 1140. The number of piperazine rings is 1. The Labute approximate surface area is 186 Å². The van der Waals surface area contributed by atoms with Gasteiger partial charge in [0, 0.05) is 31.9 Å². The molecule has 1 aromatic heterocycles. The number of benzene rings is 2. The van der Waals surface area contributed by atoms with E-state index in [-0.39, 0.29) is 16.6 Å². The highest BCUT2D eigenvalue weighted by Gasteiger charge is 2.32. The summed E-state index contributed by atoms with van der Waals surface area (Å²) in [5.74, 6) is -0.701. The second-order valence-corrected chi connectivity index (χ2v) is 7.82. The third-order valence-corrected chi connectivity index (χ3v) is 5.74. The van der Waals surface area contributed by atoms with Crippen LogP contribution in [0.2, 0.25) is 5.15 Å². The number of alkyl halides is 3. The van der Waals surface area contributed by atoms with Gasteiger partial charge in [-0.15, -0.1) is 0 Å². The first-order valence-corrected chi connectivity index (χ1v) is 10.3. The van der Waals surface area contributed by atoms with Crippen LogP contribution < -0.4 is 4.90 Å². The average molecular weight is 467 g/mol. The van der Waals surface area contributed by atoms with E-state index in [4.69, 9.17) is 11.6 Å². The van der Waals surface area contributed by atoms with Gasteiger partial charge >= 0.3 is 6.18 Å². The van der Waals surface area contributed by atoms with Gasteiger partial charge in [-0.2, -0.15) is 18.3 Å². The molecule has 0 radical (unpaired) electrons. The summed E-state index contributed by atoms with van der Waals surface area (Å²) in [5.41, 5.74) is 0.968. The monoisotopic (exact) mass is 466 g/mol. The topological polar surface area (TPSA) is 41.4 Å². The molecule has 1 amide bonds. The van der Waals surface area contributed by atoms with Crippen molar-refractivity contribution in [3.63, 3.8) is 0 Å². The van der Waals surface area contributed by atoms with Crippen LogP contribution in [0.15, 0.2) is 48.5 Å². The molecule has 4 rings (SSSR count). The van der Waals surface area contributed by atoms with Gasteiger partial charge in [-0.1, -0.05) is 17.7 Å². The smallest absolute Gasteiger partial charge is 0.368 e. The second kappa shape index (κ2) is 8.46. The molecule has 1 saturated heterocycles. The molecule has 2 aromatic carbocycles. The van der Waals surface area contributed by atoms with Crippen molar-refractivity contribution in [1.29, 1.82) is 0 Å². The highest BCUT2D eigenvalue weighted by Crippen LogP contribution is 2.32. The summed E-state index contributed by atoms with van der Waals surface area (Å²) in [6.45, 7) is 3.09. The van der Waals surface area contributed by atoms with Crippen molar-refractivity contribution in [2.24, 2.45) is 0 Å². The Balaban J connectivity index is 1.49. The molecule has 0 N–H and O–H groups in total. The second-order valence-electron chi connectivity index (χ2n) is 7.47. The first-order valence-electron chi connectivity index (χ1n) is 9.87. The Morgan fingerprint density at radius 2 is 1.66 bits per heavy atom. The van der Waals surface area contributed by atoms with Crippen LogP contribution in [-0.2, 0) is 6.18 Å². The molecule has 1 fully saturated rings. The van der Waals surface area contributed by atoms with Crippen LogP contribution in [0.3, 0.4) is 0 Å². The van der Waals surface area contributed by atoms with Crippen molar-refractivity contribution in [3.8, 4) is 5.69 Å². The molecule has 0 bridgehead atoms. The van der Waals surface area contributed by atoms with E-state index in [0.717, 1.165) is 12.1 Å². The van der Waals surface area contributed by atoms with E-state index in [1.54, 1.807) is 17.9 Å². The number of carbonyl (C=O) groups is 1. The number of amides is 1. The summed E-state index contributed by atoms with van der Waals surface area (Å²) in [5, 5.41) is 4.44.